The second-order valence-electron chi connectivity index (χ2n) is 9.23. The van der Waals surface area contributed by atoms with Crippen molar-refractivity contribution in [3.05, 3.63) is 0 Å². The molecule has 0 radical (unpaired) electrons. The topological polar surface area (TPSA) is 52.6 Å². The zero-order valence-electron chi connectivity index (χ0n) is 16.6. The molecule has 4 heteroatoms. The van der Waals surface area contributed by atoms with Crippen LogP contribution in [0, 0.1) is 22.7 Å². The van der Waals surface area contributed by atoms with Crippen LogP contribution in [0.2, 0.25) is 0 Å². The molecule has 0 amide bonds. The first kappa shape index (κ1) is 21.0. The van der Waals surface area contributed by atoms with Gasteiger partial charge in [-0.05, 0) is 85.5 Å². The maximum atomic E-state index is 11.5. The van der Waals surface area contributed by atoms with Crippen molar-refractivity contribution in [2.45, 2.75) is 86.7 Å². The van der Waals surface area contributed by atoms with Gasteiger partial charge in [0, 0.05) is 0 Å². The SMILES string of the molecule is CC(C)(C)C(=O)OCC1CC1.CC[C@@H](OC(=O)C(C)(C)C)C1CC1. The molecule has 0 aliphatic heterocycles. The summed E-state index contributed by atoms with van der Waals surface area (Å²) in [5.41, 5.74) is -0.697. The molecule has 0 aromatic carbocycles. The summed E-state index contributed by atoms with van der Waals surface area (Å²) in [7, 11) is 0. The quantitative estimate of drug-likeness (QED) is 0.678. The van der Waals surface area contributed by atoms with Crippen LogP contribution in [0.25, 0.3) is 0 Å². The Hall–Kier alpha value is -1.06. The van der Waals surface area contributed by atoms with Crippen LogP contribution in [0.5, 0.6) is 0 Å². The van der Waals surface area contributed by atoms with E-state index in [9.17, 15) is 9.59 Å². The molecular weight excluding hydrogens is 304 g/mol. The Morgan fingerprint density at radius 2 is 1.42 bits per heavy atom. The van der Waals surface area contributed by atoms with E-state index in [1.807, 2.05) is 41.5 Å². The van der Waals surface area contributed by atoms with Crippen LogP contribution in [0.15, 0.2) is 0 Å². The fourth-order valence-corrected chi connectivity index (χ4v) is 1.99. The van der Waals surface area contributed by atoms with Crippen molar-refractivity contribution >= 4 is 11.9 Å². The van der Waals surface area contributed by atoms with E-state index in [1.54, 1.807) is 0 Å². The molecule has 2 saturated carbocycles. The van der Waals surface area contributed by atoms with E-state index in [4.69, 9.17) is 9.47 Å². The van der Waals surface area contributed by atoms with Gasteiger partial charge in [0.25, 0.3) is 0 Å². The summed E-state index contributed by atoms with van der Waals surface area (Å²) in [6.45, 7) is 14.0. The van der Waals surface area contributed by atoms with Crippen molar-refractivity contribution in [1.82, 2.24) is 0 Å². The van der Waals surface area contributed by atoms with Crippen molar-refractivity contribution < 1.29 is 19.1 Å². The maximum Gasteiger partial charge on any atom is 0.311 e. The Kier molecular flexibility index (Phi) is 7.30. The van der Waals surface area contributed by atoms with Gasteiger partial charge in [-0.2, -0.15) is 0 Å². The molecule has 0 saturated heterocycles. The predicted octanol–water partition coefficient (Wildman–Crippen LogP) is 4.75. The molecule has 0 N–H and O–H groups in total. The van der Waals surface area contributed by atoms with Crippen LogP contribution in [0.1, 0.15) is 80.6 Å². The Morgan fingerprint density at radius 3 is 1.75 bits per heavy atom. The van der Waals surface area contributed by atoms with Crippen LogP contribution < -0.4 is 0 Å². The maximum absolute atomic E-state index is 11.5. The zero-order valence-corrected chi connectivity index (χ0v) is 16.6. The molecule has 0 aromatic heterocycles. The summed E-state index contributed by atoms with van der Waals surface area (Å²) in [6.07, 6.45) is 6.06. The predicted molar refractivity (Wildman–Crippen MR) is 95.5 cm³/mol. The number of rotatable bonds is 5. The third-order valence-corrected chi connectivity index (χ3v) is 4.18. The number of esters is 2. The summed E-state index contributed by atoms with van der Waals surface area (Å²) in [6, 6.07) is 0. The van der Waals surface area contributed by atoms with Crippen molar-refractivity contribution in [2.75, 3.05) is 6.61 Å². The number of ether oxygens (including phenoxy) is 2. The number of carbonyl (C=O) groups is 2. The largest absolute Gasteiger partial charge is 0.465 e. The molecule has 24 heavy (non-hydrogen) atoms. The monoisotopic (exact) mass is 340 g/mol. The first-order valence-electron chi connectivity index (χ1n) is 9.33. The van der Waals surface area contributed by atoms with Gasteiger partial charge in [0.05, 0.1) is 17.4 Å². The van der Waals surface area contributed by atoms with E-state index in [0.29, 0.717) is 18.4 Å². The molecule has 2 fully saturated rings. The number of carbonyl (C=O) groups excluding carboxylic acids is 2. The fraction of sp³-hybridized carbons (Fsp3) is 0.900. The number of hydrogen-bond donors (Lipinski definition) is 0. The van der Waals surface area contributed by atoms with Gasteiger partial charge < -0.3 is 9.47 Å². The standard InChI is InChI=1S/C11H20O2.C9H16O2/c1-5-9(8-6-7-8)13-10(12)11(2,3)4;1-9(2,3)8(10)11-6-7-4-5-7/h8-9H,5-7H2,1-4H3;7H,4-6H2,1-3H3/t9-;/m1./s1. The van der Waals surface area contributed by atoms with Gasteiger partial charge in [-0.1, -0.05) is 6.92 Å². The molecule has 0 bridgehead atoms. The van der Waals surface area contributed by atoms with Gasteiger partial charge in [-0.25, -0.2) is 0 Å². The van der Waals surface area contributed by atoms with Crippen LogP contribution in [0.4, 0.5) is 0 Å². The minimum Gasteiger partial charge on any atom is -0.465 e. The molecule has 0 heterocycles. The second kappa shape index (κ2) is 8.35. The van der Waals surface area contributed by atoms with E-state index in [0.717, 1.165) is 6.42 Å². The first-order chi connectivity index (χ1) is 10.9. The Bertz CT molecular complexity index is 420. The van der Waals surface area contributed by atoms with Crippen LogP contribution >= 0.6 is 0 Å². The zero-order chi connectivity index (χ0) is 18.5. The van der Waals surface area contributed by atoms with E-state index < -0.39 is 0 Å². The van der Waals surface area contributed by atoms with E-state index in [-0.39, 0.29) is 28.9 Å². The molecule has 4 nitrogen and oxygen atoms in total. The Balaban J connectivity index is 0.000000243. The highest BCUT2D eigenvalue weighted by molar-refractivity contribution is 5.75. The van der Waals surface area contributed by atoms with Crippen LogP contribution in [-0.4, -0.2) is 24.6 Å². The molecule has 2 aliphatic carbocycles. The van der Waals surface area contributed by atoms with Gasteiger partial charge in [0.2, 0.25) is 0 Å². The smallest absolute Gasteiger partial charge is 0.311 e. The highest BCUT2D eigenvalue weighted by atomic mass is 16.5. The molecule has 2 rings (SSSR count). The van der Waals surface area contributed by atoms with Gasteiger partial charge in [0.1, 0.15) is 6.10 Å². The minimum atomic E-state index is -0.359. The molecule has 140 valence electrons. The van der Waals surface area contributed by atoms with Crippen molar-refractivity contribution in [2.24, 2.45) is 22.7 Å². The van der Waals surface area contributed by atoms with Crippen LogP contribution in [0.3, 0.4) is 0 Å². The average molecular weight is 341 g/mol. The normalized spacial score (nSPS) is 19.0. The van der Waals surface area contributed by atoms with Crippen molar-refractivity contribution in [1.29, 1.82) is 0 Å². The third-order valence-electron chi connectivity index (χ3n) is 4.18. The van der Waals surface area contributed by atoms with E-state index >= 15 is 0 Å². The highest BCUT2D eigenvalue weighted by Crippen LogP contribution is 2.36. The Labute approximate surface area is 147 Å². The summed E-state index contributed by atoms with van der Waals surface area (Å²) in [5, 5.41) is 0. The molecule has 2 aliphatic rings. The van der Waals surface area contributed by atoms with Crippen molar-refractivity contribution in [3.8, 4) is 0 Å². The second-order valence-corrected chi connectivity index (χ2v) is 9.23. The van der Waals surface area contributed by atoms with Gasteiger partial charge in [0.15, 0.2) is 0 Å². The average Bonchev–Trinajstić information content (AvgIpc) is 3.34. The van der Waals surface area contributed by atoms with Gasteiger partial charge in [-0.3, -0.25) is 9.59 Å². The lowest BCUT2D eigenvalue weighted by Gasteiger charge is -2.22. The minimum absolute atomic E-state index is 0.0637. The third kappa shape index (κ3) is 8.16. The van der Waals surface area contributed by atoms with Gasteiger partial charge >= 0.3 is 11.9 Å². The summed E-state index contributed by atoms with van der Waals surface area (Å²) < 4.78 is 10.5. The summed E-state index contributed by atoms with van der Waals surface area (Å²) in [4.78, 5) is 22.7. The lowest BCUT2D eigenvalue weighted by Crippen LogP contribution is -2.28. The first-order valence-corrected chi connectivity index (χ1v) is 9.33. The summed E-state index contributed by atoms with van der Waals surface area (Å²) >= 11 is 0. The Morgan fingerprint density at radius 1 is 0.917 bits per heavy atom. The van der Waals surface area contributed by atoms with E-state index in [2.05, 4.69) is 6.92 Å². The number of hydrogen-bond acceptors (Lipinski definition) is 4. The highest BCUT2D eigenvalue weighted by Gasteiger charge is 2.35. The summed E-state index contributed by atoms with van der Waals surface area (Å²) in [5.74, 6) is 1.17. The molecule has 0 aromatic rings. The fourth-order valence-electron chi connectivity index (χ4n) is 1.99. The molecule has 1 atom stereocenters. The lowest BCUT2D eigenvalue weighted by atomic mass is 9.97. The molecule has 0 unspecified atom stereocenters. The van der Waals surface area contributed by atoms with Crippen molar-refractivity contribution in [3.63, 3.8) is 0 Å². The molecular formula is C20H36O4. The lowest BCUT2D eigenvalue weighted by molar-refractivity contribution is -0.160. The van der Waals surface area contributed by atoms with Gasteiger partial charge in [-0.15, -0.1) is 0 Å². The van der Waals surface area contributed by atoms with E-state index in [1.165, 1.54) is 25.7 Å². The van der Waals surface area contributed by atoms with Crippen LogP contribution in [-0.2, 0) is 19.1 Å². The molecule has 0 spiro atoms.